The van der Waals surface area contributed by atoms with Crippen molar-refractivity contribution in [2.24, 2.45) is 0 Å². The van der Waals surface area contributed by atoms with E-state index in [4.69, 9.17) is 22.1 Å². The van der Waals surface area contributed by atoms with Crippen molar-refractivity contribution in [3.63, 3.8) is 0 Å². The molecule has 0 heterocycles. The number of hydrogen-bond acceptors (Lipinski definition) is 3. The van der Waals surface area contributed by atoms with Crippen molar-refractivity contribution in [2.45, 2.75) is 13.5 Å². The molecule has 0 aliphatic carbocycles. The molecule has 0 atom stereocenters. The first-order valence-corrected chi connectivity index (χ1v) is 4.14. The lowest BCUT2D eigenvalue weighted by Crippen LogP contribution is -2.00. The molecule has 0 saturated heterocycles. The number of ether oxygens (including phenoxy) is 1. The molecule has 3 nitrogen and oxygen atoms in total. The van der Waals surface area contributed by atoms with Crippen molar-refractivity contribution in [2.75, 3.05) is 5.73 Å². The van der Waals surface area contributed by atoms with Crippen LogP contribution in [0.25, 0.3) is 0 Å². The Bertz CT molecular complexity index is 325. The third-order valence-corrected chi connectivity index (χ3v) is 1.87. The van der Waals surface area contributed by atoms with Crippen molar-refractivity contribution >= 4 is 23.3 Å². The minimum atomic E-state index is -0.335. The second-order valence-corrected chi connectivity index (χ2v) is 3.04. The summed E-state index contributed by atoms with van der Waals surface area (Å²) in [6.45, 7) is 1.51. The summed E-state index contributed by atoms with van der Waals surface area (Å²) in [4.78, 5) is 10.5. The number of esters is 1. The van der Waals surface area contributed by atoms with Crippen molar-refractivity contribution in [3.8, 4) is 0 Å². The van der Waals surface area contributed by atoms with Crippen LogP contribution in [0.2, 0.25) is 5.02 Å². The molecule has 13 heavy (non-hydrogen) atoms. The van der Waals surface area contributed by atoms with Gasteiger partial charge in [0.2, 0.25) is 0 Å². The second kappa shape index (κ2) is 4.14. The summed E-state index contributed by atoms with van der Waals surface area (Å²) in [5, 5.41) is 0.551. The van der Waals surface area contributed by atoms with E-state index in [9.17, 15) is 4.79 Å². The van der Waals surface area contributed by atoms with Crippen LogP contribution >= 0.6 is 11.6 Å². The van der Waals surface area contributed by atoms with Gasteiger partial charge in [0.05, 0.1) is 0 Å². The molecule has 1 rings (SSSR count). The van der Waals surface area contributed by atoms with E-state index in [2.05, 4.69) is 0 Å². The van der Waals surface area contributed by atoms with Gasteiger partial charge in [0.1, 0.15) is 6.61 Å². The van der Waals surface area contributed by atoms with Crippen LogP contribution in [0.15, 0.2) is 18.2 Å². The molecule has 0 unspecified atom stereocenters. The third kappa shape index (κ3) is 2.95. The average Bonchev–Trinajstić information content (AvgIpc) is 2.06. The van der Waals surface area contributed by atoms with Crippen LogP contribution in [0.4, 0.5) is 5.69 Å². The summed E-state index contributed by atoms with van der Waals surface area (Å²) < 4.78 is 4.78. The minimum absolute atomic E-state index is 0.166. The Labute approximate surface area is 81.4 Å². The highest BCUT2D eigenvalue weighted by molar-refractivity contribution is 6.31. The lowest BCUT2D eigenvalue weighted by Gasteiger charge is -2.05. The molecular formula is C9H10ClNO2. The zero-order chi connectivity index (χ0) is 9.84. The Morgan fingerprint density at radius 3 is 2.92 bits per heavy atom. The molecular weight excluding hydrogens is 190 g/mol. The van der Waals surface area contributed by atoms with E-state index in [0.29, 0.717) is 10.7 Å². The first kappa shape index (κ1) is 9.86. The number of nitrogens with two attached hydrogens (primary N) is 1. The molecule has 2 N–H and O–H groups in total. The molecule has 0 aromatic heterocycles. The van der Waals surface area contributed by atoms with Gasteiger partial charge in [0, 0.05) is 23.2 Å². The second-order valence-electron chi connectivity index (χ2n) is 2.63. The summed E-state index contributed by atoms with van der Waals surface area (Å²) in [6.07, 6.45) is 0. The van der Waals surface area contributed by atoms with Crippen LogP contribution in [0.3, 0.4) is 0 Å². The molecule has 0 aliphatic rings. The Hall–Kier alpha value is -1.22. The fourth-order valence-corrected chi connectivity index (χ4v) is 1.06. The van der Waals surface area contributed by atoms with Crippen LogP contribution < -0.4 is 5.73 Å². The van der Waals surface area contributed by atoms with Crippen LogP contribution in [-0.2, 0) is 16.1 Å². The molecule has 0 bridgehead atoms. The fourth-order valence-electron chi connectivity index (χ4n) is 0.885. The highest BCUT2D eigenvalue weighted by atomic mass is 35.5. The first-order valence-electron chi connectivity index (χ1n) is 3.77. The van der Waals surface area contributed by atoms with Gasteiger partial charge in [0.25, 0.3) is 0 Å². The van der Waals surface area contributed by atoms with Gasteiger partial charge in [-0.3, -0.25) is 4.79 Å². The van der Waals surface area contributed by atoms with Gasteiger partial charge in [-0.2, -0.15) is 0 Å². The SMILES string of the molecule is CC(=O)OCc1cc(N)ccc1Cl. The minimum Gasteiger partial charge on any atom is -0.461 e. The maximum atomic E-state index is 10.5. The first-order chi connectivity index (χ1) is 6.09. The molecule has 70 valence electrons. The van der Waals surface area contributed by atoms with Gasteiger partial charge in [0.15, 0.2) is 0 Å². The van der Waals surface area contributed by atoms with Crippen LogP contribution in [-0.4, -0.2) is 5.97 Å². The summed E-state index contributed by atoms with van der Waals surface area (Å²) in [6, 6.07) is 5.06. The summed E-state index contributed by atoms with van der Waals surface area (Å²) in [5.41, 5.74) is 6.86. The van der Waals surface area contributed by atoms with E-state index in [0.717, 1.165) is 5.56 Å². The number of nitrogen functional groups attached to an aromatic ring is 1. The van der Waals surface area contributed by atoms with Crippen molar-refractivity contribution in [1.82, 2.24) is 0 Å². The standard InChI is InChI=1S/C9H10ClNO2/c1-6(12)13-5-7-4-8(11)2-3-9(7)10/h2-4H,5,11H2,1H3. The number of carbonyl (C=O) groups excluding carboxylic acids is 1. The molecule has 1 aromatic rings. The highest BCUT2D eigenvalue weighted by Crippen LogP contribution is 2.19. The zero-order valence-electron chi connectivity index (χ0n) is 7.21. The normalized spacial score (nSPS) is 9.69. The topological polar surface area (TPSA) is 52.3 Å². The lowest BCUT2D eigenvalue weighted by molar-refractivity contribution is -0.142. The zero-order valence-corrected chi connectivity index (χ0v) is 7.97. The number of anilines is 1. The van der Waals surface area contributed by atoms with Crippen LogP contribution in [0.1, 0.15) is 12.5 Å². The van der Waals surface area contributed by atoms with Crippen molar-refractivity contribution in [1.29, 1.82) is 0 Å². The molecule has 0 radical (unpaired) electrons. The quantitative estimate of drug-likeness (QED) is 0.586. The molecule has 0 saturated carbocycles. The maximum Gasteiger partial charge on any atom is 0.302 e. The van der Waals surface area contributed by atoms with Crippen molar-refractivity contribution in [3.05, 3.63) is 28.8 Å². The fraction of sp³-hybridized carbons (Fsp3) is 0.222. The van der Waals surface area contributed by atoms with Gasteiger partial charge in [-0.25, -0.2) is 0 Å². The van der Waals surface area contributed by atoms with E-state index >= 15 is 0 Å². The highest BCUT2D eigenvalue weighted by Gasteiger charge is 2.02. The van der Waals surface area contributed by atoms with E-state index in [-0.39, 0.29) is 12.6 Å². The molecule has 1 aromatic carbocycles. The van der Waals surface area contributed by atoms with Crippen molar-refractivity contribution < 1.29 is 9.53 Å². The third-order valence-electron chi connectivity index (χ3n) is 1.50. The molecule has 0 aliphatic heterocycles. The number of hydrogen-bond donors (Lipinski definition) is 1. The van der Waals surface area contributed by atoms with E-state index in [1.807, 2.05) is 0 Å². The number of rotatable bonds is 2. The van der Waals surface area contributed by atoms with E-state index < -0.39 is 0 Å². The predicted octanol–water partition coefficient (Wildman–Crippen LogP) is 1.99. The summed E-state index contributed by atoms with van der Waals surface area (Å²) >= 11 is 5.83. The van der Waals surface area contributed by atoms with Gasteiger partial charge >= 0.3 is 5.97 Å². The molecule has 0 amide bonds. The van der Waals surface area contributed by atoms with Gasteiger partial charge < -0.3 is 10.5 Å². The van der Waals surface area contributed by atoms with Crippen LogP contribution in [0.5, 0.6) is 0 Å². The van der Waals surface area contributed by atoms with Crippen LogP contribution in [0, 0.1) is 0 Å². The van der Waals surface area contributed by atoms with Gasteiger partial charge in [-0.15, -0.1) is 0 Å². The Morgan fingerprint density at radius 2 is 2.31 bits per heavy atom. The largest absolute Gasteiger partial charge is 0.461 e. The molecule has 0 fully saturated rings. The number of carbonyl (C=O) groups is 1. The average molecular weight is 200 g/mol. The lowest BCUT2D eigenvalue weighted by atomic mass is 10.2. The Morgan fingerprint density at radius 1 is 1.62 bits per heavy atom. The number of benzene rings is 1. The molecule has 0 spiro atoms. The van der Waals surface area contributed by atoms with Gasteiger partial charge in [-0.1, -0.05) is 11.6 Å². The Kier molecular flexibility index (Phi) is 3.14. The summed E-state index contributed by atoms with van der Waals surface area (Å²) in [5.74, 6) is -0.335. The maximum absolute atomic E-state index is 10.5. The van der Waals surface area contributed by atoms with E-state index in [1.165, 1.54) is 6.92 Å². The summed E-state index contributed by atoms with van der Waals surface area (Å²) in [7, 11) is 0. The number of halogens is 1. The monoisotopic (exact) mass is 199 g/mol. The Balaban J connectivity index is 2.75. The van der Waals surface area contributed by atoms with E-state index in [1.54, 1.807) is 18.2 Å². The molecule has 4 heteroatoms. The smallest absolute Gasteiger partial charge is 0.302 e. The predicted molar refractivity (Wildman–Crippen MR) is 51.3 cm³/mol. The van der Waals surface area contributed by atoms with Gasteiger partial charge in [-0.05, 0) is 18.2 Å².